The molecule has 3 saturated carbocycles. The molecule has 9 unspecified atom stereocenters. The highest BCUT2D eigenvalue weighted by atomic mass is 16.5. The average molecular weight is 1030 g/mol. The maximum Gasteiger partial charge on any atom is 0.174 e. The van der Waals surface area contributed by atoms with Gasteiger partial charge in [-0.1, -0.05) is 45.4 Å². The average Bonchev–Trinajstić information content (AvgIpc) is 4.27. The van der Waals surface area contributed by atoms with Crippen molar-refractivity contribution in [2.45, 2.75) is 154 Å². The molecule has 3 saturated heterocycles. The van der Waals surface area contributed by atoms with E-state index in [0.717, 1.165) is 113 Å². The van der Waals surface area contributed by atoms with Gasteiger partial charge in [-0.2, -0.15) is 0 Å². The molecule has 14 nitrogen and oxygen atoms in total. The molecule has 6 bridgehead atoms. The number of nitrogens with zero attached hydrogens (tertiary/aromatic N) is 3. The number of hydrogen-bond donors (Lipinski definition) is 6. The van der Waals surface area contributed by atoms with Crippen LogP contribution in [0.2, 0.25) is 0 Å². The summed E-state index contributed by atoms with van der Waals surface area (Å²) in [5.41, 5.74) is 3.01. The van der Waals surface area contributed by atoms with Crippen molar-refractivity contribution in [3.05, 3.63) is 108 Å². The smallest absolute Gasteiger partial charge is 0.174 e. The van der Waals surface area contributed by atoms with Crippen molar-refractivity contribution in [3.8, 4) is 34.5 Å². The molecule has 3 aromatic carbocycles. The maximum atomic E-state index is 12.7. The Morgan fingerprint density at radius 3 is 1.48 bits per heavy atom. The van der Waals surface area contributed by atoms with Gasteiger partial charge in [0.25, 0.3) is 0 Å². The lowest BCUT2D eigenvalue weighted by Crippen LogP contribution is -2.80. The van der Waals surface area contributed by atoms with E-state index in [1.165, 1.54) is 11.1 Å². The zero-order valence-corrected chi connectivity index (χ0v) is 43.2. The Morgan fingerprint density at radius 1 is 0.587 bits per heavy atom. The number of aliphatic hydroxyl groups is 3. The predicted octanol–water partition coefficient (Wildman–Crippen LogP) is 5.65. The van der Waals surface area contributed by atoms with Gasteiger partial charge in [-0.25, -0.2) is 0 Å². The minimum atomic E-state index is -0.992. The first-order valence-electron chi connectivity index (χ1n) is 27.4. The van der Waals surface area contributed by atoms with Gasteiger partial charge in [-0.05, 0) is 78.8 Å². The molecule has 16 atom stereocenters. The van der Waals surface area contributed by atoms with Gasteiger partial charge < -0.3 is 58.3 Å². The van der Waals surface area contributed by atoms with Crippen LogP contribution in [-0.2, 0) is 45.1 Å². The molecule has 14 heteroatoms. The minimum Gasteiger partial charge on any atom is -0.504 e. The van der Waals surface area contributed by atoms with E-state index in [1.807, 2.05) is 24.3 Å². The molecular formula is C61H78N3O11+3. The zero-order valence-electron chi connectivity index (χ0n) is 43.2. The number of likely N-dealkylation sites (tertiary alicyclic amines) is 3. The van der Waals surface area contributed by atoms with E-state index in [-0.39, 0.29) is 59.8 Å². The van der Waals surface area contributed by atoms with Gasteiger partial charge in [0.2, 0.25) is 0 Å². The van der Waals surface area contributed by atoms with Gasteiger partial charge in [0.05, 0.1) is 88.8 Å². The van der Waals surface area contributed by atoms with Crippen LogP contribution in [0.1, 0.15) is 98.6 Å². The van der Waals surface area contributed by atoms with Crippen molar-refractivity contribution in [1.29, 1.82) is 0 Å². The number of hydrogen-bond acceptors (Lipinski definition) is 11. The Bertz CT molecular complexity index is 2860. The molecule has 0 amide bonds. The van der Waals surface area contributed by atoms with Crippen LogP contribution < -0.4 is 14.2 Å². The van der Waals surface area contributed by atoms with Crippen molar-refractivity contribution in [2.75, 3.05) is 60.4 Å². The summed E-state index contributed by atoms with van der Waals surface area (Å²) in [5.74, 6) is 2.50. The molecule has 400 valence electrons. The van der Waals surface area contributed by atoms with Crippen molar-refractivity contribution in [3.63, 3.8) is 0 Å². The molecule has 3 aromatic rings. The van der Waals surface area contributed by atoms with E-state index in [1.54, 1.807) is 18.2 Å². The van der Waals surface area contributed by atoms with Gasteiger partial charge in [-0.3, -0.25) is 9.59 Å². The van der Waals surface area contributed by atoms with Crippen LogP contribution >= 0.6 is 0 Å². The topological polar surface area (TPSA) is 183 Å². The highest BCUT2D eigenvalue weighted by Crippen LogP contribution is 2.68. The molecule has 6 heterocycles. The highest BCUT2D eigenvalue weighted by Gasteiger charge is 2.78. The number of piperidine rings is 3. The number of aromatic hydroxyl groups is 3. The molecule has 0 radical (unpaired) electrons. The van der Waals surface area contributed by atoms with Crippen molar-refractivity contribution < 1.29 is 67.9 Å². The Labute approximate surface area is 440 Å². The van der Waals surface area contributed by atoms with Crippen LogP contribution in [0.4, 0.5) is 0 Å². The maximum absolute atomic E-state index is 12.7. The number of rotatable bonds is 6. The standard InChI is InChI=1S/2C20H23NO4.C20H25NO3.CH4/c2*1-3-9-21(2)10-8-19-16-12-4-5-13(22)17(16)25-18(19)14(23)6-7-20(19,24)15(21)11-12;1-3-9-21(2)10-8-20-13-5-7-16(23)19(20)24-18-15(22)6-4-12(17(18)20)11-14(13)21;/h2*3-5,15,18,24H,1,6-11H2,2H3;3-4,6,13-14,16,19,23H,1,5,7-11H2,2H3;1H4/p+3/t15?,18?,19-,20?,21+;15?,18?,19-,20?,21-;13?,14?,16-,19?,20-,21+;/m111./s1. The number of carbonyl (C=O) groups is 2. The van der Waals surface area contributed by atoms with E-state index in [0.29, 0.717) is 67.7 Å². The number of quaternary nitrogens is 3. The van der Waals surface area contributed by atoms with Gasteiger partial charge in [0.15, 0.2) is 58.3 Å². The third-order valence-corrected chi connectivity index (χ3v) is 22.4. The monoisotopic (exact) mass is 1030 g/mol. The first kappa shape index (κ1) is 50.6. The number of likely N-dealkylation sites (N-methyl/N-ethyl adjacent to an activating group) is 3. The fourth-order valence-corrected chi connectivity index (χ4v) is 19.2. The lowest BCUT2D eigenvalue weighted by Gasteiger charge is -2.64. The van der Waals surface area contributed by atoms with Crippen molar-refractivity contribution in [2.24, 2.45) is 5.92 Å². The third kappa shape index (κ3) is 6.02. The van der Waals surface area contributed by atoms with Gasteiger partial charge in [-0.15, -0.1) is 0 Å². The Hall–Kier alpha value is -5.22. The van der Waals surface area contributed by atoms with Gasteiger partial charge in [0, 0.05) is 74.0 Å². The summed E-state index contributed by atoms with van der Waals surface area (Å²) in [7, 11) is 6.73. The van der Waals surface area contributed by atoms with Gasteiger partial charge >= 0.3 is 0 Å². The van der Waals surface area contributed by atoms with Crippen LogP contribution in [0.25, 0.3) is 0 Å². The number of phenols is 3. The molecule has 6 fully saturated rings. The number of ether oxygens (including phenoxy) is 3. The Morgan fingerprint density at radius 2 is 1.01 bits per heavy atom. The number of ketones is 2. The fourth-order valence-electron chi connectivity index (χ4n) is 19.2. The van der Waals surface area contributed by atoms with Gasteiger partial charge in [0.1, 0.15) is 29.4 Å². The molecule has 6 aliphatic carbocycles. The quantitative estimate of drug-likeness (QED) is 0.133. The second-order valence-corrected chi connectivity index (χ2v) is 25.4. The van der Waals surface area contributed by atoms with E-state index in [9.17, 15) is 40.2 Å². The second kappa shape index (κ2) is 16.4. The molecule has 12 aliphatic rings. The molecule has 75 heavy (non-hydrogen) atoms. The molecule has 0 aromatic heterocycles. The van der Waals surface area contributed by atoms with E-state index in [2.05, 4.69) is 53.0 Å². The SMILES string of the molecule is C.C=CC[N@+]1(C)CC[C@@]23c4c5ccc(O)c4OC2C(=O)CCC3(O)C1C5.C=CC[N@@+]1(C)CC[C@@]23c4c5ccc(O)c4OC2C(=O)CCC3(O)C1C5.C=CC[N@@+]1(C)CC[C@@]23c4c5ccc(O)c4OC2[C@H](O)CCC3C1C5. The summed E-state index contributed by atoms with van der Waals surface area (Å²) < 4.78 is 20.8. The normalized spacial score (nSPS) is 43.2. The lowest BCUT2D eigenvalue weighted by atomic mass is 9.48. The van der Waals surface area contributed by atoms with E-state index >= 15 is 0 Å². The molecule has 3 spiro atoms. The summed E-state index contributed by atoms with van der Waals surface area (Å²) >= 11 is 0. The Kier molecular flexibility index (Phi) is 11.1. The zero-order chi connectivity index (χ0) is 51.9. The minimum absolute atomic E-state index is 0. The number of carbonyl (C=O) groups excluding carboxylic acids is 2. The van der Waals surface area contributed by atoms with Crippen molar-refractivity contribution in [1.82, 2.24) is 0 Å². The summed E-state index contributed by atoms with van der Waals surface area (Å²) in [6, 6.07) is 11.6. The first-order valence-corrected chi connectivity index (χ1v) is 27.4. The van der Waals surface area contributed by atoms with Crippen molar-refractivity contribution >= 4 is 11.6 Å². The Balaban J connectivity index is 0.000000113. The lowest BCUT2D eigenvalue weighted by molar-refractivity contribution is -0.944. The van der Waals surface area contributed by atoms with Crippen LogP contribution in [0, 0.1) is 5.92 Å². The molecule has 6 aliphatic heterocycles. The number of benzene rings is 3. The largest absolute Gasteiger partial charge is 0.504 e. The molecule has 6 N–H and O–H groups in total. The summed E-state index contributed by atoms with van der Waals surface area (Å²) in [6.07, 6.45) is 12.3. The van der Waals surface area contributed by atoms with Crippen LogP contribution in [0.5, 0.6) is 34.5 Å². The van der Waals surface area contributed by atoms with E-state index < -0.39 is 40.3 Å². The summed E-state index contributed by atoms with van der Waals surface area (Å²) in [5, 5.41) is 65.7. The molecular weight excluding hydrogens is 951 g/mol. The number of aliphatic hydroxyl groups excluding tert-OH is 1. The first-order chi connectivity index (χ1) is 35.3. The summed E-state index contributed by atoms with van der Waals surface area (Å²) in [6.45, 7) is 17.2. The third-order valence-electron chi connectivity index (χ3n) is 22.4. The van der Waals surface area contributed by atoms with E-state index in [4.69, 9.17) is 14.2 Å². The van der Waals surface area contributed by atoms with Crippen LogP contribution in [-0.4, -0.2) is 170 Å². The second-order valence-electron chi connectivity index (χ2n) is 25.4. The highest BCUT2D eigenvalue weighted by molar-refractivity contribution is 5.91. The van der Waals surface area contributed by atoms with Crippen LogP contribution in [0.3, 0.4) is 0 Å². The van der Waals surface area contributed by atoms with Crippen LogP contribution in [0.15, 0.2) is 74.4 Å². The fraction of sp³-hybridized carbons (Fsp3) is 0.574. The number of Topliss-reactive ketones (excluding diaryl/α,β-unsaturated/α-hetero) is 2. The predicted molar refractivity (Wildman–Crippen MR) is 281 cm³/mol. The number of phenolic OH excluding ortho intramolecular Hbond substituents is 3. The summed E-state index contributed by atoms with van der Waals surface area (Å²) in [4.78, 5) is 25.4. The molecule has 15 rings (SSSR count).